The van der Waals surface area contributed by atoms with Gasteiger partial charge in [0.05, 0.1) is 7.11 Å². The van der Waals surface area contributed by atoms with Crippen LogP contribution < -0.4 is 4.74 Å². The maximum atomic E-state index is 10.4. The van der Waals surface area contributed by atoms with Crippen LogP contribution in [0.5, 0.6) is 5.75 Å². The molecule has 14 heavy (non-hydrogen) atoms. The van der Waals surface area contributed by atoms with Gasteiger partial charge in [0.1, 0.15) is 12.0 Å². The average Bonchev–Trinajstić information content (AvgIpc) is 2.26. The van der Waals surface area contributed by atoms with Crippen molar-refractivity contribution < 1.29 is 9.53 Å². The lowest BCUT2D eigenvalue weighted by atomic mass is 10.1. The Balaban J connectivity index is 2.80. The number of carbonyl (C=O) groups excluding carboxylic acids is 1. The van der Waals surface area contributed by atoms with Gasteiger partial charge in [-0.2, -0.15) is 0 Å². The summed E-state index contributed by atoms with van der Waals surface area (Å²) in [5, 5.41) is 0. The van der Waals surface area contributed by atoms with Crippen LogP contribution in [0.1, 0.15) is 12.5 Å². The van der Waals surface area contributed by atoms with E-state index < -0.39 is 0 Å². The molecule has 0 saturated heterocycles. The van der Waals surface area contributed by atoms with Crippen LogP contribution in [0.15, 0.2) is 35.9 Å². The van der Waals surface area contributed by atoms with Crippen molar-refractivity contribution in [2.75, 3.05) is 7.11 Å². The minimum absolute atomic E-state index is 0.731. The van der Waals surface area contributed by atoms with E-state index in [2.05, 4.69) is 0 Å². The molecule has 1 aromatic carbocycles. The number of rotatable bonds is 4. The van der Waals surface area contributed by atoms with Gasteiger partial charge in [-0.15, -0.1) is 0 Å². The maximum Gasteiger partial charge on any atom is 0.145 e. The number of carbonyl (C=O) groups is 1. The minimum Gasteiger partial charge on any atom is -0.496 e. The standard InChI is InChI=1S/C12H14O2/c1-10(9-13)7-8-11-5-3-4-6-12(11)14-2/h3-7,9H,8H2,1-2H3. The Morgan fingerprint density at radius 3 is 2.79 bits per heavy atom. The lowest BCUT2D eigenvalue weighted by Gasteiger charge is -2.05. The van der Waals surface area contributed by atoms with E-state index in [0.717, 1.165) is 29.6 Å². The Hall–Kier alpha value is -1.57. The van der Waals surface area contributed by atoms with Crippen molar-refractivity contribution >= 4 is 6.29 Å². The van der Waals surface area contributed by atoms with E-state index in [0.29, 0.717) is 0 Å². The molecule has 0 aliphatic rings. The molecule has 0 N–H and O–H groups in total. The summed E-state index contributed by atoms with van der Waals surface area (Å²) in [6.45, 7) is 1.79. The Bertz CT molecular complexity index is 340. The van der Waals surface area contributed by atoms with E-state index >= 15 is 0 Å². The number of aldehydes is 1. The molecule has 0 unspecified atom stereocenters. The maximum absolute atomic E-state index is 10.4. The molecule has 0 saturated carbocycles. The number of allylic oxidation sites excluding steroid dienone is 2. The van der Waals surface area contributed by atoms with E-state index in [4.69, 9.17) is 4.74 Å². The van der Waals surface area contributed by atoms with Crippen molar-refractivity contribution in [3.8, 4) is 5.75 Å². The SMILES string of the molecule is COc1ccccc1CC=C(C)C=O. The molecule has 0 fully saturated rings. The molecular weight excluding hydrogens is 176 g/mol. The van der Waals surface area contributed by atoms with Crippen LogP contribution in [0.25, 0.3) is 0 Å². The third-order valence-corrected chi connectivity index (χ3v) is 2.02. The lowest BCUT2D eigenvalue weighted by molar-refractivity contribution is -0.104. The summed E-state index contributed by atoms with van der Waals surface area (Å²) in [5.41, 5.74) is 1.84. The second-order valence-corrected chi connectivity index (χ2v) is 3.08. The highest BCUT2D eigenvalue weighted by molar-refractivity contribution is 5.72. The average molecular weight is 190 g/mol. The zero-order valence-corrected chi connectivity index (χ0v) is 8.49. The zero-order valence-electron chi connectivity index (χ0n) is 8.49. The van der Waals surface area contributed by atoms with Gasteiger partial charge in [-0.1, -0.05) is 24.3 Å². The molecule has 0 aromatic heterocycles. The summed E-state index contributed by atoms with van der Waals surface area (Å²) in [6, 6.07) is 7.80. The van der Waals surface area contributed by atoms with Crippen LogP contribution in [-0.4, -0.2) is 13.4 Å². The molecule has 2 heteroatoms. The number of hydrogen-bond acceptors (Lipinski definition) is 2. The van der Waals surface area contributed by atoms with E-state index in [9.17, 15) is 4.79 Å². The van der Waals surface area contributed by atoms with Crippen molar-refractivity contribution in [1.82, 2.24) is 0 Å². The van der Waals surface area contributed by atoms with Gasteiger partial charge in [-0.25, -0.2) is 0 Å². The first-order valence-electron chi connectivity index (χ1n) is 4.51. The van der Waals surface area contributed by atoms with E-state index in [-0.39, 0.29) is 0 Å². The van der Waals surface area contributed by atoms with Crippen LogP contribution in [0.4, 0.5) is 0 Å². The molecule has 1 rings (SSSR count). The summed E-state index contributed by atoms with van der Waals surface area (Å²) < 4.78 is 5.19. The zero-order chi connectivity index (χ0) is 10.4. The molecule has 0 spiro atoms. The fourth-order valence-electron chi connectivity index (χ4n) is 1.19. The Morgan fingerprint density at radius 1 is 1.43 bits per heavy atom. The third-order valence-electron chi connectivity index (χ3n) is 2.02. The molecule has 2 nitrogen and oxygen atoms in total. The largest absolute Gasteiger partial charge is 0.496 e. The van der Waals surface area contributed by atoms with Gasteiger partial charge in [0.25, 0.3) is 0 Å². The second-order valence-electron chi connectivity index (χ2n) is 3.08. The summed E-state index contributed by atoms with van der Waals surface area (Å²) in [6.07, 6.45) is 3.48. The molecule has 1 aromatic rings. The fourth-order valence-corrected chi connectivity index (χ4v) is 1.19. The minimum atomic E-state index is 0.731. The molecule has 0 atom stereocenters. The molecular formula is C12H14O2. The number of methoxy groups -OCH3 is 1. The van der Waals surface area contributed by atoms with Gasteiger partial charge in [0, 0.05) is 0 Å². The van der Waals surface area contributed by atoms with E-state index in [1.807, 2.05) is 30.3 Å². The van der Waals surface area contributed by atoms with Crippen molar-refractivity contribution in [2.24, 2.45) is 0 Å². The smallest absolute Gasteiger partial charge is 0.145 e. The Labute approximate surface area is 84.2 Å². The van der Waals surface area contributed by atoms with Crippen LogP contribution >= 0.6 is 0 Å². The lowest BCUT2D eigenvalue weighted by Crippen LogP contribution is -1.90. The Morgan fingerprint density at radius 2 is 2.14 bits per heavy atom. The summed E-state index contributed by atoms with van der Waals surface area (Å²) in [7, 11) is 1.65. The summed E-state index contributed by atoms with van der Waals surface area (Å²) in [4.78, 5) is 10.4. The topological polar surface area (TPSA) is 26.3 Å². The van der Waals surface area contributed by atoms with Gasteiger partial charge in [0.15, 0.2) is 0 Å². The third kappa shape index (κ3) is 2.73. The van der Waals surface area contributed by atoms with Crippen LogP contribution in [-0.2, 0) is 11.2 Å². The summed E-state index contributed by atoms with van der Waals surface area (Å²) >= 11 is 0. The van der Waals surface area contributed by atoms with Crippen LogP contribution in [0, 0.1) is 0 Å². The first kappa shape index (κ1) is 10.5. The van der Waals surface area contributed by atoms with Gasteiger partial charge in [0.2, 0.25) is 0 Å². The molecule has 0 aliphatic carbocycles. The predicted octanol–water partition coefficient (Wildman–Crippen LogP) is 2.38. The van der Waals surface area contributed by atoms with Gasteiger partial charge in [-0.3, -0.25) is 4.79 Å². The molecule has 0 aliphatic heterocycles. The number of hydrogen-bond donors (Lipinski definition) is 0. The quantitative estimate of drug-likeness (QED) is 0.538. The first-order valence-corrected chi connectivity index (χ1v) is 4.51. The normalized spacial score (nSPS) is 11.1. The monoisotopic (exact) mass is 190 g/mol. The number of para-hydroxylation sites is 1. The molecule has 74 valence electrons. The van der Waals surface area contributed by atoms with Crippen LogP contribution in [0.3, 0.4) is 0 Å². The highest BCUT2D eigenvalue weighted by Crippen LogP contribution is 2.18. The molecule has 0 bridgehead atoms. The van der Waals surface area contributed by atoms with Crippen molar-refractivity contribution in [3.05, 3.63) is 41.5 Å². The first-order chi connectivity index (χ1) is 6.77. The van der Waals surface area contributed by atoms with Crippen LogP contribution in [0.2, 0.25) is 0 Å². The molecule has 0 amide bonds. The number of ether oxygens (including phenoxy) is 1. The van der Waals surface area contributed by atoms with Crippen molar-refractivity contribution in [2.45, 2.75) is 13.3 Å². The summed E-state index contributed by atoms with van der Waals surface area (Å²) in [5.74, 6) is 0.863. The van der Waals surface area contributed by atoms with E-state index in [1.165, 1.54) is 0 Å². The van der Waals surface area contributed by atoms with Gasteiger partial charge < -0.3 is 4.74 Å². The van der Waals surface area contributed by atoms with Gasteiger partial charge in [-0.05, 0) is 30.5 Å². The molecule has 0 heterocycles. The van der Waals surface area contributed by atoms with Crippen molar-refractivity contribution in [3.63, 3.8) is 0 Å². The highest BCUT2D eigenvalue weighted by Gasteiger charge is 1.98. The predicted molar refractivity (Wildman–Crippen MR) is 56.5 cm³/mol. The highest BCUT2D eigenvalue weighted by atomic mass is 16.5. The van der Waals surface area contributed by atoms with Gasteiger partial charge >= 0.3 is 0 Å². The van der Waals surface area contributed by atoms with E-state index in [1.54, 1.807) is 14.0 Å². The fraction of sp³-hybridized carbons (Fsp3) is 0.250. The molecule has 0 radical (unpaired) electrons. The second kappa shape index (κ2) is 5.22. The Kier molecular flexibility index (Phi) is 3.92. The van der Waals surface area contributed by atoms with Crippen molar-refractivity contribution in [1.29, 1.82) is 0 Å². The number of benzene rings is 1.